The molecule has 2 aliphatic rings. The number of aromatic nitrogens is 2. The van der Waals surface area contributed by atoms with Gasteiger partial charge in [-0.3, -0.25) is 5.10 Å². The number of nitrogens with zero attached hydrogens (tertiary/aromatic N) is 2. The maximum Gasteiger partial charge on any atom is 0.244 e. The van der Waals surface area contributed by atoms with Gasteiger partial charge in [0, 0.05) is 5.56 Å². The number of methoxy groups -OCH3 is 2. The second-order valence-corrected chi connectivity index (χ2v) is 8.41. The molecule has 0 radical (unpaired) electrons. The molecule has 3 N–H and O–H groups in total. The third kappa shape index (κ3) is 3.79. The molecule has 2 aromatic carbocycles. The second kappa shape index (κ2) is 9.02. The van der Waals surface area contributed by atoms with E-state index in [9.17, 15) is 5.26 Å². The van der Waals surface area contributed by atoms with Crippen LogP contribution in [0.5, 0.6) is 23.1 Å². The molecule has 34 heavy (non-hydrogen) atoms. The highest BCUT2D eigenvalue weighted by Crippen LogP contribution is 2.46. The summed E-state index contributed by atoms with van der Waals surface area (Å²) in [4.78, 5) is 0. The van der Waals surface area contributed by atoms with Crippen molar-refractivity contribution in [2.24, 2.45) is 5.73 Å². The van der Waals surface area contributed by atoms with Crippen molar-refractivity contribution >= 4 is 0 Å². The van der Waals surface area contributed by atoms with Crippen molar-refractivity contribution in [3.8, 4) is 40.5 Å². The Morgan fingerprint density at radius 3 is 2.47 bits per heavy atom. The molecule has 5 rings (SSSR count). The maximum absolute atomic E-state index is 9.95. The fraction of sp³-hybridized carbons (Fsp3) is 0.308. The lowest BCUT2D eigenvalue weighted by atomic mass is 9.83. The molecule has 1 aromatic heterocycles. The Balaban J connectivity index is 1.56. The van der Waals surface area contributed by atoms with Gasteiger partial charge in [-0.2, -0.15) is 5.26 Å². The zero-order valence-corrected chi connectivity index (χ0v) is 19.1. The molecular formula is C26H26N4O4. The fourth-order valence-electron chi connectivity index (χ4n) is 4.73. The van der Waals surface area contributed by atoms with Gasteiger partial charge in [0.1, 0.15) is 17.4 Å². The van der Waals surface area contributed by atoms with Crippen LogP contribution in [0.15, 0.2) is 53.9 Å². The summed E-state index contributed by atoms with van der Waals surface area (Å²) in [5.74, 6) is 1.98. The van der Waals surface area contributed by atoms with E-state index >= 15 is 0 Å². The van der Waals surface area contributed by atoms with E-state index in [4.69, 9.17) is 24.7 Å². The monoisotopic (exact) mass is 458 g/mol. The molecule has 2 heterocycles. The third-order valence-electron chi connectivity index (χ3n) is 6.43. The number of aromatic amines is 1. The van der Waals surface area contributed by atoms with E-state index in [0.29, 0.717) is 28.6 Å². The lowest BCUT2D eigenvalue weighted by Gasteiger charge is -2.24. The van der Waals surface area contributed by atoms with Gasteiger partial charge in [-0.05, 0) is 61.6 Å². The number of hydrogen-bond acceptors (Lipinski definition) is 7. The molecule has 8 nitrogen and oxygen atoms in total. The van der Waals surface area contributed by atoms with Crippen LogP contribution in [0.2, 0.25) is 0 Å². The van der Waals surface area contributed by atoms with Crippen LogP contribution in [-0.4, -0.2) is 30.5 Å². The highest BCUT2D eigenvalue weighted by atomic mass is 16.5. The van der Waals surface area contributed by atoms with Crippen LogP contribution in [0.25, 0.3) is 11.3 Å². The van der Waals surface area contributed by atoms with Crippen LogP contribution >= 0.6 is 0 Å². The second-order valence-electron chi connectivity index (χ2n) is 8.41. The molecule has 0 bridgehead atoms. The molecule has 1 unspecified atom stereocenters. The van der Waals surface area contributed by atoms with Crippen molar-refractivity contribution in [3.63, 3.8) is 0 Å². The summed E-state index contributed by atoms with van der Waals surface area (Å²) < 4.78 is 22.7. The third-order valence-corrected chi connectivity index (χ3v) is 6.43. The average Bonchev–Trinajstić information content (AvgIpc) is 3.53. The number of hydrogen-bond donors (Lipinski definition) is 2. The Bertz CT molecular complexity index is 1270. The molecule has 0 amide bonds. The van der Waals surface area contributed by atoms with Gasteiger partial charge < -0.3 is 24.7 Å². The minimum absolute atomic E-state index is 0.0524. The molecule has 1 atom stereocenters. The number of nitrogens with one attached hydrogen (secondary N) is 1. The van der Waals surface area contributed by atoms with E-state index in [-0.39, 0.29) is 12.0 Å². The van der Waals surface area contributed by atoms with Gasteiger partial charge in [-0.15, -0.1) is 5.10 Å². The highest BCUT2D eigenvalue weighted by molar-refractivity contribution is 5.73. The van der Waals surface area contributed by atoms with Gasteiger partial charge in [-0.1, -0.05) is 12.1 Å². The number of nitriles is 1. The first-order chi connectivity index (χ1) is 16.6. The van der Waals surface area contributed by atoms with Crippen molar-refractivity contribution in [2.75, 3.05) is 14.2 Å². The van der Waals surface area contributed by atoms with Crippen LogP contribution in [0.4, 0.5) is 0 Å². The standard InChI is InChI=1S/C26H26N4O4/c1-31-20-12-9-16(13-21(20)32-2)24-23-22(19(14-27)25(28)34-26(23)30-29-24)15-7-10-18(11-8-15)33-17-5-3-4-6-17/h7-13,17,22H,3-6,28H2,1-2H3,(H,29,30). The zero-order valence-electron chi connectivity index (χ0n) is 19.1. The first kappa shape index (κ1) is 21.7. The fourth-order valence-corrected chi connectivity index (χ4v) is 4.73. The normalized spacial score (nSPS) is 17.6. The molecule has 1 fully saturated rings. The number of rotatable bonds is 6. The Labute approximate surface area is 197 Å². The number of nitrogens with two attached hydrogens (primary N) is 1. The topological polar surface area (TPSA) is 115 Å². The molecule has 3 aromatic rings. The van der Waals surface area contributed by atoms with Crippen LogP contribution < -0.4 is 24.7 Å². The summed E-state index contributed by atoms with van der Waals surface area (Å²) >= 11 is 0. The molecule has 0 saturated heterocycles. The molecule has 1 aliphatic heterocycles. The summed E-state index contributed by atoms with van der Waals surface area (Å²) in [6.07, 6.45) is 4.88. The summed E-state index contributed by atoms with van der Waals surface area (Å²) in [5.41, 5.74) is 9.62. The van der Waals surface area contributed by atoms with Crippen molar-refractivity contribution in [3.05, 3.63) is 65.0 Å². The zero-order chi connectivity index (χ0) is 23.7. The van der Waals surface area contributed by atoms with Crippen LogP contribution in [-0.2, 0) is 0 Å². The van der Waals surface area contributed by atoms with Crippen molar-refractivity contribution in [1.82, 2.24) is 10.2 Å². The van der Waals surface area contributed by atoms with Crippen molar-refractivity contribution in [2.45, 2.75) is 37.7 Å². The predicted molar refractivity (Wildman–Crippen MR) is 126 cm³/mol. The summed E-state index contributed by atoms with van der Waals surface area (Å²) in [7, 11) is 3.18. The Hall–Kier alpha value is -4.12. The summed E-state index contributed by atoms with van der Waals surface area (Å²) in [6, 6.07) is 15.7. The molecular weight excluding hydrogens is 432 g/mol. The van der Waals surface area contributed by atoms with Crippen molar-refractivity contribution < 1.29 is 18.9 Å². The van der Waals surface area contributed by atoms with Crippen molar-refractivity contribution in [1.29, 1.82) is 5.26 Å². The Morgan fingerprint density at radius 2 is 1.79 bits per heavy atom. The van der Waals surface area contributed by atoms with E-state index in [0.717, 1.165) is 35.3 Å². The minimum Gasteiger partial charge on any atom is -0.493 e. The van der Waals surface area contributed by atoms with E-state index in [2.05, 4.69) is 16.3 Å². The summed E-state index contributed by atoms with van der Waals surface area (Å²) in [6.45, 7) is 0. The number of allylic oxidation sites excluding steroid dienone is 1. The van der Waals surface area contributed by atoms with Gasteiger partial charge in [0.25, 0.3) is 0 Å². The number of benzene rings is 2. The smallest absolute Gasteiger partial charge is 0.244 e. The van der Waals surface area contributed by atoms with Gasteiger partial charge in [0.2, 0.25) is 11.8 Å². The SMILES string of the molecule is COc1ccc(-c2[nH]nc3c2C(c2ccc(OC4CCCC4)cc2)C(C#N)=C(N)O3)cc1OC. The Morgan fingerprint density at radius 1 is 1.06 bits per heavy atom. The maximum atomic E-state index is 9.95. The quantitative estimate of drug-likeness (QED) is 0.553. The number of H-pyrrole nitrogens is 1. The van der Waals surface area contributed by atoms with E-state index < -0.39 is 5.92 Å². The number of ether oxygens (including phenoxy) is 4. The first-order valence-corrected chi connectivity index (χ1v) is 11.3. The van der Waals surface area contributed by atoms with Gasteiger partial charge in [-0.25, -0.2) is 0 Å². The molecule has 1 saturated carbocycles. The molecule has 1 aliphatic carbocycles. The lowest BCUT2D eigenvalue weighted by molar-refractivity contribution is 0.210. The van der Waals surface area contributed by atoms with Gasteiger partial charge in [0.15, 0.2) is 11.5 Å². The van der Waals surface area contributed by atoms with Crippen LogP contribution in [0.3, 0.4) is 0 Å². The Kier molecular flexibility index (Phi) is 5.76. The largest absolute Gasteiger partial charge is 0.493 e. The average molecular weight is 459 g/mol. The van der Waals surface area contributed by atoms with Crippen LogP contribution in [0, 0.1) is 11.3 Å². The van der Waals surface area contributed by atoms with E-state index in [1.165, 1.54) is 12.8 Å². The van der Waals surface area contributed by atoms with Gasteiger partial charge in [0.05, 0.1) is 37.5 Å². The van der Waals surface area contributed by atoms with E-state index in [1.807, 2.05) is 42.5 Å². The minimum atomic E-state index is -0.448. The van der Waals surface area contributed by atoms with Gasteiger partial charge >= 0.3 is 0 Å². The summed E-state index contributed by atoms with van der Waals surface area (Å²) in [5, 5.41) is 17.4. The highest BCUT2D eigenvalue weighted by Gasteiger charge is 2.35. The van der Waals surface area contributed by atoms with E-state index in [1.54, 1.807) is 14.2 Å². The number of fused-ring (bicyclic) bond motifs is 1. The first-order valence-electron chi connectivity index (χ1n) is 11.3. The molecule has 174 valence electrons. The predicted octanol–water partition coefficient (Wildman–Crippen LogP) is 4.63. The molecule has 0 spiro atoms. The molecule has 8 heteroatoms. The lowest BCUT2D eigenvalue weighted by Crippen LogP contribution is -2.21. The van der Waals surface area contributed by atoms with Crippen LogP contribution in [0.1, 0.15) is 42.7 Å².